The molecule has 2 aromatic carbocycles. The highest BCUT2D eigenvalue weighted by Gasteiger charge is 2.28. The van der Waals surface area contributed by atoms with Gasteiger partial charge in [0.1, 0.15) is 11.5 Å². The first-order valence-electron chi connectivity index (χ1n) is 9.14. The number of methoxy groups -OCH3 is 1. The molecule has 2 aromatic rings. The second-order valence-corrected chi connectivity index (χ2v) is 8.85. The molecule has 0 aromatic heterocycles. The number of likely N-dealkylation sites (N-methyl/N-ethyl adjacent to an activating group) is 1. The topological polar surface area (TPSA) is 114 Å². The molecule has 2 amide bonds. The summed E-state index contributed by atoms with van der Waals surface area (Å²) in [5.74, 6) is 0.197. The Bertz CT molecular complexity index is 1080. The van der Waals surface area contributed by atoms with Crippen molar-refractivity contribution in [3.63, 3.8) is 0 Å². The molecule has 0 bridgehead atoms. The molecule has 0 aliphatic carbocycles. The summed E-state index contributed by atoms with van der Waals surface area (Å²) in [5.41, 5.74) is 1.68. The lowest BCUT2D eigenvalue weighted by atomic mass is 10.2. The molecule has 0 spiro atoms. The second-order valence-electron chi connectivity index (χ2n) is 6.84. The van der Waals surface area contributed by atoms with Crippen molar-refractivity contribution in [1.29, 1.82) is 0 Å². The van der Waals surface area contributed by atoms with Crippen LogP contribution in [-0.4, -0.2) is 51.8 Å². The molecule has 9 nitrogen and oxygen atoms in total. The number of ether oxygens (including phenoxy) is 2. The molecule has 0 saturated carbocycles. The minimum absolute atomic E-state index is 0.0143. The number of nitrogens with one attached hydrogen (secondary N) is 2. The quantitative estimate of drug-likeness (QED) is 0.680. The molecule has 1 aliphatic rings. The van der Waals surface area contributed by atoms with Gasteiger partial charge in [-0.15, -0.1) is 0 Å². The van der Waals surface area contributed by atoms with Crippen molar-refractivity contribution in [3.05, 3.63) is 47.5 Å². The molecule has 3 rings (SSSR count). The van der Waals surface area contributed by atoms with Gasteiger partial charge in [-0.25, -0.2) is 8.42 Å². The third-order valence-corrected chi connectivity index (χ3v) is 6.53. The lowest BCUT2D eigenvalue weighted by Gasteiger charge is -2.22. The van der Waals surface area contributed by atoms with Crippen molar-refractivity contribution in [2.75, 3.05) is 32.6 Å². The molecule has 0 saturated heterocycles. The SMILES string of the molecule is COc1cccc(CNC(=O)CN(C)S(=O)(=O)c2cc3c(cc2C)NC(=O)CO3)c1. The number of sulfonamides is 1. The van der Waals surface area contributed by atoms with Gasteiger partial charge < -0.3 is 20.1 Å². The van der Waals surface area contributed by atoms with Gasteiger partial charge in [0.15, 0.2) is 6.61 Å². The van der Waals surface area contributed by atoms with Crippen LogP contribution in [0.1, 0.15) is 11.1 Å². The van der Waals surface area contributed by atoms with E-state index < -0.39 is 15.9 Å². The maximum absolute atomic E-state index is 13.0. The van der Waals surface area contributed by atoms with Crippen molar-refractivity contribution < 1.29 is 27.5 Å². The van der Waals surface area contributed by atoms with Gasteiger partial charge in [0.05, 0.1) is 24.2 Å². The predicted octanol–water partition coefficient (Wildman–Crippen LogP) is 1.27. The molecule has 2 N–H and O–H groups in total. The lowest BCUT2D eigenvalue weighted by molar-refractivity contribution is -0.121. The molecule has 0 fully saturated rings. The number of fused-ring (bicyclic) bond motifs is 1. The molecule has 1 heterocycles. The van der Waals surface area contributed by atoms with E-state index in [1.807, 2.05) is 6.07 Å². The largest absolute Gasteiger partial charge is 0.497 e. The molecular formula is C20H23N3O6S. The number of hydrogen-bond acceptors (Lipinski definition) is 6. The van der Waals surface area contributed by atoms with Gasteiger partial charge in [-0.3, -0.25) is 9.59 Å². The number of anilines is 1. The highest BCUT2D eigenvalue weighted by Crippen LogP contribution is 2.33. The summed E-state index contributed by atoms with van der Waals surface area (Å²) >= 11 is 0. The Morgan fingerprint density at radius 2 is 2.07 bits per heavy atom. The van der Waals surface area contributed by atoms with Crippen molar-refractivity contribution in [2.24, 2.45) is 0 Å². The van der Waals surface area contributed by atoms with Crippen LogP contribution < -0.4 is 20.1 Å². The highest BCUT2D eigenvalue weighted by molar-refractivity contribution is 7.89. The van der Waals surface area contributed by atoms with E-state index in [1.54, 1.807) is 32.2 Å². The number of carbonyl (C=O) groups is 2. The Hall–Kier alpha value is -3.11. The Balaban J connectivity index is 1.69. The standard InChI is InChI=1S/C20H23N3O6S/c1-13-7-16-17(29-12-20(25)22-16)9-18(13)30(26,27)23(2)11-19(24)21-10-14-5-4-6-15(8-14)28-3/h4-9H,10-12H2,1-3H3,(H,21,24)(H,22,25). The number of amides is 2. The molecule has 0 atom stereocenters. The Morgan fingerprint density at radius 1 is 1.30 bits per heavy atom. The van der Waals surface area contributed by atoms with Gasteiger partial charge in [-0.1, -0.05) is 12.1 Å². The Morgan fingerprint density at radius 3 is 2.80 bits per heavy atom. The van der Waals surface area contributed by atoms with Crippen LogP contribution in [0.25, 0.3) is 0 Å². The van der Waals surface area contributed by atoms with Crippen LogP contribution in [0.15, 0.2) is 41.3 Å². The monoisotopic (exact) mass is 433 g/mol. The number of benzene rings is 2. The summed E-state index contributed by atoms with van der Waals surface area (Å²) in [6.07, 6.45) is 0. The molecular weight excluding hydrogens is 410 g/mol. The van der Waals surface area contributed by atoms with Gasteiger partial charge >= 0.3 is 0 Å². The maximum atomic E-state index is 13.0. The number of rotatable bonds is 7. The number of aryl methyl sites for hydroxylation is 1. The van der Waals surface area contributed by atoms with Crippen LogP contribution in [0, 0.1) is 6.92 Å². The molecule has 1 aliphatic heterocycles. The molecule has 0 radical (unpaired) electrons. The van der Waals surface area contributed by atoms with E-state index >= 15 is 0 Å². The summed E-state index contributed by atoms with van der Waals surface area (Å²) in [6.45, 7) is 1.33. The van der Waals surface area contributed by atoms with Crippen LogP contribution >= 0.6 is 0 Å². The minimum Gasteiger partial charge on any atom is -0.497 e. The van der Waals surface area contributed by atoms with E-state index in [9.17, 15) is 18.0 Å². The Kier molecular flexibility index (Phi) is 6.28. The van der Waals surface area contributed by atoms with Crippen molar-refractivity contribution in [3.8, 4) is 11.5 Å². The van der Waals surface area contributed by atoms with E-state index in [0.29, 0.717) is 17.0 Å². The van der Waals surface area contributed by atoms with Gasteiger partial charge in [0, 0.05) is 19.7 Å². The fourth-order valence-electron chi connectivity index (χ4n) is 2.99. The summed E-state index contributed by atoms with van der Waals surface area (Å²) < 4.78 is 37.4. The minimum atomic E-state index is -3.95. The van der Waals surface area contributed by atoms with Crippen LogP contribution in [0.5, 0.6) is 11.5 Å². The number of carbonyl (C=O) groups excluding carboxylic acids is 2. The summed E-state index contributed by atoms with van der Waals surface area (Å²) in [5, 5.41) is 5.34. The number of hydrogen-bond donors (Lipinski definition) is 2. The first kappa shape index (κ1) is 21.6. The van der Waals surface area contributed by atoms with Gasteiger partial charge in [-0.2, -0.15) is 4.31 Å². The Labute approximate surface area is 175 Å². The second kappa shape index (κ2) is 8.72. The number of nitrogens with zero attached hydrogens (tertiary/aromatic N) is 1. The third kappa shape index (κ3) is 4.71. The molecule has 160 valence electrons. The van der Waals surface area contributed by atoms with Gasteiger partial charge in [-0.05, 0) is 36.2 Å². The predicted molar refractivity (Wildman–Crippen MR) is 110 cm³/mol. The zero-order chi connectivity index (χ0) is 21.9. The van der Waals surface area contributed by atoms with Crippen LogP contribution in [-0.2, 0) is 26.2 Å². The zero-order valence-electron chi connectivity index (χ0n) is 16.9. The first-order chi connectivity index (χ1) is 14.2. The zero-order valence-corrected chi connectivity index (χ0v) is 17.7. The average Bonchev–Trinajstić information content (AvgIpc) is 2.71. The molecule has 30 heavy (non-hydrogen) atoms. The smallest absolute Gasteiger partial charge is 0.262 e. The average molecular weight is 433 g/mol. The van der Waals surface area contributed by atoms with Gasteiger partial charge in [0.2, 0.25) is 15.9 Å². The molecule has 10 heteroatoms. The fraction of sp³-hybridized carbons (Fsp3) is 0.300. The van der Waals surface area contributed by atoms with E-state index in [-0.39, 0.29) is 36.2 Å². The summed E-state index contributed by atoms with van der Waals surface area (Å²) in [6, 6.07) is 10.1. The highest BCUT2D eigenvalue weighted by atomic mass is 32.2. The van der Waals surface area contributed by atoms with Crippen molar-refractivity contribution in [2.45, 2.75) is 18.4 Å². The van der Waals surface area contributed by atoms with Crippen LogP contribution in [0.2, 0.25) is 0 Å². The van der Waals surface area contributed by atoms with Crippen LogP contribution in [0.4, 0.5) is 5.69 Å². The van der Waals surface area contributed by atoms with Crippen LogP contribution in [0.3, 0.4) is 0 Å². The first-order valence-corrected chi connectivity index (χ1v) is 10.6. The lowest BCUT2D eigenvalue weighted by Crippen LogP contribution is -2.38. The van der Waals surface area contributed by atoms with Crippen molar-refractivity contribution >= 4 is 27.5 Å². The van der Waals surface area contributed by atoms with E-state index in [1.165, 1.54) is 19.2 Å². The summed E-state index contributed by atoms with van der Waals surface area (Å²) in [7, 11) is -1.06. The van der Waals surface area contributed by atoms with E-state index in [0.717, 1.165) is 9.87 Å². The molecule has 0 unspecified atom stereocenters. The summed E-state index contributed by atoms with van der Waals surface area (Å²) in [4.78, 5) is 23.7. The maximum Gasteiger partial charge on any atom is 0.262 e. The normalized spacial score (nSPS) is 13.3. The van der Waals surface area contributed by atoms with Gasteiger partial charge in [0.25, 0.3) is 5.91 Å². The van der Waals surface area contributed by atoms with E-state index in [2.05, 4.69) is 10.6 Å². The fourth-order valence-corrected chi connectivity index (χ4v) is 4.33. The third-order valence-electron chi connectivity index (χ3n) is 4.59. The van der Waals surface area contributed by atoms with E-state index in [4.69, 9.17) is 9.47 Å². The van der Waals surface area contributed by atoms with Crippen molar-refractivity contribution in [1.82, 2.24) is 9.62 Å².